The number of aryl methyl sites for hydroxylation is 1. The smallest absolute Gasteiger partial charge is 0.325 e. The number of rotatable bonds is 4. The second kappa shape index (κ2) is 7.84. The number of aromatic nitrogens is 1. The van der Waals surface area contributed by atoms with Crippen molar-refractivity contribution in [2.75, 3.05) is 13.2 Å². The first-order chi connectivity index (χ1) is 17.0. The second-order valence-corrected chi connectivity index (χ2v) is 8.91. The number of carbonyl (C=O) groups excluding carboxylic acids is 3. The summed E-state index contributed by atoms with van der Waals surface area (Å²) < 4.78 is 7.69. The number of fused-ring (bicyclic) bond motifs is 3. The predicted octanol–water partition coefficient (Wildman–Crippen LogP) is 4.26. The number of ketones is 1. The van der Waals surface area contributed by atoms with Crippen LogP contribution in [0.25, 0.3) is 22.2 Å². The zero-order valence-corrected chi connectivity index (χ0v) is 19.2. The molecule has 0 radical (unpaired) electrons. The third-order valence-corrected chi connectivity index (χ3v) is 6.99. The minimum Gasteiger partial charge on any atom is -0.493 e. The van der Waals surface area contributed by atoms with Crippen LogP contribution in [0.2, 0.25) is 0 Å². The van der Waals surface area contributed by atoms with E-state index >= 15 is 0 Å². The third-order valence-electron chi connectivity index (χ3n) is 6.99. The van der Waals surface area contributed by atoms with Crippen LogP contribution >= 0.6 is 0 Å². The van der Waals surface area contributed by atoms with Crippen LogP contribution in [0.4, 0.5) is 4.79 Å². The molecule has 0 saturated carbocycles. The molecule has 1 saturated heterocycles. The highest BCUT2D eigenvalue weighted by atomic mass is 16.5. The molecule has 1 aromatic heterocycles. The lowest BCUT2D eigenvalue weighted by Gasteiger charge is -2.33. The topological polar surface area (TPSA) is 80.6 Å². The summed E-state index contributed by atoms with van der Waals surface area (Å²) in [5, 5.41) is 3.66. The Morgan fingerprint density at radius 2 is 1.69 bits per heavy atom. The van der Waals surface area contributed by atoms with E-state index < -0.39 is 17.5 Å². The Labute approximate surface area is 201 Å². The number of hydrogen-bond acceptors (Lipinski definition) is 4. The SMILES string of the molecule is Cn1c(-c2ccccc2)c(C(=O)CN2C(=O)N[C@@]3(CCOc4ccccc43)C2=O)c2ccccc21. The summed E-state index contributed by atoms with van der Waals surface area (Å²) in [6.07, 6.45) is 0.308. The van der Waals surface area contributed by atoms with Crippen molar-refractivity contribution < 1.29 is 19.1 Å². The fourth-order valence-electron chi connectivity index (χ4n) is 5.35. The molecular formula is C28H23N3O4. The van der Waals surface area contributed by atoms with E-state index in [4.69, 9.17) is 4.74 Å². The average molecular weight is 466 g/mol. The third kappa shape index (κ3) is 3.08. The maximum atomic E-state index is 13.8. The van der Waals surface area contributed by atoms with E-state index in [0.717, 1.165) is 27.1 Å². The molecule has 2 aliphatic rings. The number of imide groups is 1. The Morgan fingerprint density at radius 1 is 0.971 bits per heavy atom. The molecule has 174 valence electrons. The van der Waals surface area contributed by atoms with Crippen molar-refractivity contribution in [3.63, 3.8) is 0 Å². The second-order valence-electron chi connectivity index (χ2n) is 8.91. The van der Waals surface area contributed by atoms with E-state index in [-0.39, 0.29) is 12.3 Å². The molecular weight excluding hydrogens is 442 g/mol. The fourth-order valence-corrected chi connectivity index (χ4v) is 5.35. The predicted molar refractivity (Wildman–Crippen MR) is 131 cm³/mol. The summed E-state index contributed by atoms with van der Waals surface area (Å²) >= 11 is 0. The Hall–Kier alpha value is -4.39. The van der Waals surface area contributed by atoms with Gasteiger partial charge in [0, 0.05) is 29.9 Å². The van der Waals surface area contributed by atoms with Gasteiger partial charge in [0.05, 0.1) is 24.4 Å². The molecule has 0 unspecified atom stereocenters. The molecule has 1 atom stereocenters. The molecule has 3 aromatic carbocycles. The van der Waals surface area contributed by atoms with Crippen molar-refractivity contribution in [3.8, 4) is 17.0 Å². The van der Waals surface area contributed by atoms with Crippen molar-refractivity contribution in [2.24, 2.45) is 7.05 Å². The first-order valence-electron chi connectivity index (χ1n) is 11.5. The van der Waals surface area contributed by atoms with Crippen LogP contribution in [-0.4, -0.2) is 40.3 Å². The summed E-state index contributed by atoms with van der Waals surface area (Å²) in [4.78, 5) is 41.6. The summed E-state index contributed by atoms with van der Waals surface area (Å²) in [5.74, 6) is -0.143. The summed E-state index contributed by atoms with van der Waals surface area (Å²) in [6, 6.07) is 24.0. The maximum absolute atomic E-state index is 13.8. The molecule has 35 heavy (non-hydrogen) atoms. The number of para-hydroxylation sites is 2. The molecule has 0 bridgehead atoms. The quantitative estimate of drug-likeness (QED) is 0.361. The van der Waals surface area contributed by atoms with Crippen LogP contribution < -0.4 is 10.1 Å². The number of benzene rings is 3. The number of hydrogen-bond donors (Lipinski definition) is 1. The minimum absolute atomic E-state index is 0.290. The molecule has 6 rings (SSSR count). The minimum atomic E-state index is -1.22. The van der Waals surface area contributed by atoms with Gasteiger partial charge in [-0.05, 0) is 17.7 Å². The van der Waals surface area contributed by atoms with Gasteiger partial charge in [-0.15, -0.1) is 0 Å². The lowest BCUT2D eigenvalue weighted by molar-refractivity contribution is -0.132. The largest absolute Gasteiger partial charge is 0.493 e. The van der Waals surface area contributed by atoms with E-state index in [1.165, 1.54) is 0 Å². The van der Waals surface area contributed by atoms with Gasteiger partial charge in [-0.1, -0.05) is 66.7 Å². The molecule has 1 spiro atoms. The van der Waals surface area contributed by atoms with Crippen molar-refractivity contribution >= 4 is 28.6 Å². The zero-order valence-electron chi connectivity index (χ0n) is 19.2. The molecule has 1 fully saturated rings. The van der Waals surface area contributed by atoms with Gasteiger partial charge in [-0.25, -0.2) is 4.79 Å². The first kappa shape index (κ1) is 21.2. The van der Waals surface area contributed by atoms with Crippen LogP contribution in [0, 0.1) is 0 Å². The van der Waals surface area contributed by atoms with E-state index in [1.807, 2.05) is 78.3 Å². The number of nitrogens with one attached hydrogen (secondary N) is 1. The number of Topliss-reactive ketones (excluding diaryl/α,β-unsaturated/α-hetero) is 1. The molecule has 1 N–H and O–H groups in total. The lowest BCUT2D eigenvalue weighted by Crippen LogP contribution is -2.47. The van der Waals surface area contributed by atoms with E-state index in [1.54, 1.807) is 12.1 Å². The van der Waals surface area contributed by atoms with Gasteiger partial charge in [-0.2, -0.15) is 0 Å². The van der Waals surface area contributed by atoms with E-state index in [9.17, 15) is 14.4 Å². The number of amides is 3. The molecule has 4 aromatic rings. The molecule has 7 nitrogen and oxygen atoms in total. The molecule has 3 heterocycles. The lowest BCUT2D eigenvalue weighted by atomic mass is 9.84. The van der Waals surface area contributed by atoms with Gasteiger partial charge >= 0.3 is 6.03 Å². The standard InChI is InChI=1S/C28H23N3O4/c1-30-21-13-7-5-11-19(21)24(25(30)18-9-3-2-4-10-18)22(32)17-31-26(33)28(29-27(31)34)15-16-35-23-14-8-6-12-20(23)28/h2-14H,15-17H2,1H3,(H,29,34)/t28-/m1/s1. The Bertz CT molecular complexity index is 1510. The van der Waals surface area contributed by atoms with Crippen LogP contribution in [0.3, 0.4) is 0 Å². The average Bonchev–Trinajstić information content (AvgIpc) is 3.31. The summed E-state index contributed by atoms with van der Waals surface area (Å²) in [6.45, 7) is -0.0461. The first-order valence-corrected chi connectivity index (χ1v) is 11.5. The van der Waals surface area contributed by atoms with E-state index in [0.29, 0.717) is 29.9 Å². The summed E-state index contributed by atoms with van der Waals surface area (Å²) in [5.41, 5.74) is 2.46. The van der Waals surface area contributed by atoms with Crippen LogP contribution in [-0.2, 0) is 17.4 Å². The molecule has 7 heteroatoms. The highest BCUT2D eigenvalue weighted by molar-refractivity contribution is 6.17. The van der Waals surface area contributed by atoms with Crippen molar-refractivity contribution in [2.45, 2.75) is 12.0 Å². The van der Waals surface area contributed by atoms with Crippen molar-refractivity contribution in [3.05, 3.63) is 90.0 Å². The molecule has 2 aliphatic heterocycles. The van der Waals surface area contributed by atoms with Gasteiger partial charge in [0.2, 0.25) is 0 Å². The highest BCUT2D eigenvalue weighted by Gasteiger charge is 2.55. The van der Waals surface area contributed by atoms with E-state index in [2.05, 4.69) is 5.32 Å². The number of nitrogens with zero attached hydrogens (tertiary/aromatic N) is 2. The fraction of sp³-hybridized carbons (Fsp3) is 0.179. The number of ether oxygens (including phenoxy) is 1. The van der Waals surface area contributed by atoms with Gasteiger partial charge < -0.3 is 14.6 Å². The Balaban J connectivity index is 1.41. The Morgan fingerprint density at radius 3 is 2.51 bits per heavy atom. The monoisotopic (exact) mass is 465 g/mol. The van der Waals surface area contributed by atoms with Gasteiger partial charge in [0.25, 0.3) is 5.91 Å². The molecule has 3 amide bonds. The van der Waals surface area contributed by atoms with Crippen molar-refractivity contribution in [1.29, 1.82) is 0 Å². The zero-order chi connectivity index (χ0) is 24.2. The highest BCUT2D eigenvalue weighted by Crippen LogP contribution is 2.41. The van der Waals surface area contributed by atoms with Gasteiger partial charge in [0.1, 0.15) is 5.75 Å². The van der Waals surface area contributed by atoms with Crippen LogP contribution in [0.15, 0.2) is 78.9 Å². The van der Waals surface area contributed by atoms with Gasteiger partial charge in [0.15, 0.2) is 11.3 Å². The van der Waals surface area contributed by atoms with Crippen molar-refractivity contribution in [1.82, 2.24) is 14.8 Å². The number of urea groups is 1. The summed E-state index contributed by atoms with van der Waals surface area (Å²) in [7, 11) is 1.92. The normalized spacial score (nSPS) is 19.1. The maximum Gasteiger partial charge on any atom is 0.325 e. The molecule has 0 aliphatic carbocycles. The Kier molecular flexibility index (Phi) is 4.74. The van der Waals surface area contributed by atoms with Crippen LogP contribution in [0.5, 0.6) is 5.75 Å². The number of carbonyl (C=O) groups is 3. The van der Waals surface area contributed by atoms with Gasteiger partial charge in [-0.3, -0.25) is 14.5 Å². The van der Waals surface area contributed by atoms with Crippen LogP contribution in [0.1, 0.15) is 22.3 Å².